The van der Waals surface area contributed by atoms with Gasteiger partial charge in [0.2, 0.25) is 0 Å². The SMILES string of the molecule is OCc1nnc(Oc2ccccc2OC(F)(F)F)s1. The molecule has 19 heavy (non-hydrogen) atoms. The highest BCUT2D eigenvalue weighted by atomic mass is 32.1. The van der Waals surface area contributed by atoms with Crippen LogP contribution in [0.3, 0.4) is 0 Å². The number of hydrogen-bond donors (Lipinski definition) is 1. The van der Waals surface area contributed by atoms with E-state index in [9.17, 15) is 13.2 Å². The van der Waals surface area contributed by atoms with Crippen molar-refractivity contribution in [3.63, 3.8) is 0 Å². The van der Waals surface area contributed by atoms with Gasteiger partial charge in [-0.25, -0.2) is 0 Å². The molecule has 0 aliphatic carbocycles. The fraction of sp³-hybridized carbons (Fsp3) is 0.200. The molecule has 0 fully saturated rings. The summed E-state index contributed by atoms with van der Waals surface area (Å²) in [4.78, 5) is 0. The van der Waals surface area contributed by atoms with Crippen LogP contribution in [0.15, 0.2) is 24.3 Å². The van der Waals surface area contributed by atoms with Gasteiger partial charge in [-0.15, -0.1) is 18.3 Å². The molecule has 2 rings (SSSR count). The maximum atomic E-state index is 12.2. The molecule has 5 nitrogen and oxygen atoms in total. The molecule has 9 heteroatoms. The molecule has 0 aliphatic heterocycles. The van der Waals surface area contributed by atoms with Gasteiger partial charge in [-0.05, 0) is 12.1 Å². The van der Waals surface area contributed by atoms with E-state index in [1.165, 1.54) is 18.2 Å². The van der Waals surface area contributed by atoms with Gasteiger partial charge in [0.25, 0.3) is 5.19 Å². The highest BCUT2D eigenvalue weighted by molar-refractivity contribution is 7.13. The lowest BCUT2D eigenvalue weighted by molar-refractivity contribution is -0.275. The molecule has 0 atom stereocenters. The molecule has 0 radical (unpaired) electrons. The van der Waals surface area contributed by atoms with Gasteiger partial charge in [-0.2, -0.15) is 0 Å². The highest BCUT2D eigenvalue weighted by Gasteiger charge is 2.32. The molecular weight excluding hydrogens is 285 g/mol. The molecule has 1 heterocycles. The number of para-hydroxylation sites is 2. The number of aliphatic hydroxyl groups is 1. The van der Waals surface area contributed by atoms with Gasteiger partial charge in [0, 0.05) is 0 Å². The molecular formula is C10H7F3N2O3S. The third-order valence-corrected chi connectivity index (χ3v) is 2.64. The largest absolute Gasteiger partial charge is 0.573 e. The standard InChI is InChI=1S/C10H7F3N2O3S/c11-10(12,13)18-7-4-2-1-3-6(7)17-9-15-14-8(5-16)19-9/h1-4,16H,5H2. The molecule has 0 saturated heterocycles. The third-order valence-electron chi connectivity index (χ3n) is 1.86. The molecule has 0 amide bonds. The van der Waals surface area contributed by atoms with Crippen LogP contribution in [0.2, 0.25) is 0 Å². The number of alkyl halides is 3. The summed E-state index contributed by atoms with van der Waals surface area (Å²) in [6.45, 7) is -0.318. The second-order valence-corrected chi connectivity index (χ2v) is 4.24. The molecule has 0 saturated carbocycles. The minimum Gasteiger partial charge on any atom is -0.426 e. The van der Waals surface area contributed by atoms with Crippen molar-refractivity contribution >= 4 is 11.3 Å². The topological polar surface area (TPSA) is 64.5 Å². The minimum absolute atomic E-state index is 0.0160. The van der Waals surface area contributed by atoms with E-state index < -0.39 is 12.1 Å². The number of aromatic nitrogens is 2. The van der Waals surface area contributed by atoms with Gasteiger partial charge >= 0.3 is 6.36 Å². The average Bonchev–Trinajstić information content (AvgIpc) is 2.78. The van der Waals surface area contributed by atoms with Crippen molar-refractivity contribution < 1.29 is 27.8 Å². The van der Waals surface area contributed by atoms with Crippen molar-refractivity contribution in [2.24, 2.45) is 0 Å². The van der Waals surface area contributed by atoms with E-state index in [1.54, 1.807) is 0 Å². The Labute approximate surface area is 109 Å². The fourth-order valence-electron chi connectivity index (χ4n) is 1.18. The van der Waals surface area contributed by atoms with Crippen LogP contribution in [-0.4, -0.2) is 21.7 Å². The summed E-state index contributed by atoms with van der Waals surface area (Å²) in [6.07, 6.45) is -4.81. The molecule has 2 aromatic rings. The first-order valence-corrected chi connectivity index (χ1v) is 5.75. The first-order chi connectivity index (χ1) is 8.98. The monoisotopic (exact) mass is 292 g/mol. The van der Waals surface area contributed by atoms with E-state index in [2.05, 4.69) is 14.9 Å². The summed E-state index contributed by atoms with van der Waals surface area (Å²) in [6, 6.07) is 5.30. The Balaban J connectivity index is 2.20. The number of halogens is 3. The second kappa shape index (κ2) is 5.41. The summed E-state index contributed by atoms with van der Waals surface area (Å²) >= 11 is 0.923. The van der Waals surface area contributed by atoms with Gasteiger partial charge in [0.05, 0.1) is 6.61 Å². The van der Waals surface area contributed by atoms with Crippen LogP contribution >= 0.6 is 11.3 Å². The van der Waals surface area contributed by atoms with Crippen LogP contribution in [0.5, 0.6) is 16.7 Å². The fourth-order valence-corrected chi connectivity index (χ4v) is 1.74. The summed E-state index contributed by atoms with van der Waals surface area (Å²) in [5.41, 5.74) is 0. The van der Waals surface area contributed by atoms with Crippen LogP contribution < -0.4 is 9.47 Å². The van der Waals surface area contributed by atoms with Crippen LogP contribution in [0.25, 0.3) is 0 Å². The van der Waals surface area contributed by atoms with E-state index >= 15 is 0 Å². The van der Waals surface area contributed by atoms with E-state index in [1.807, 2.05) is 0 Å². The zero-order chi connectivity index (χ0) is 13.9. The normalized spacial score (nSPS) is 11.4. The lowest BCUT2D eigenvalue weighted by Gasteiger charge is -2.11. The summed E-state index contributed by atoms with van der Waals surface area (Å²) in [7, 11) is 0. The number of benzene rings is 1. The van der Waals surface area contributed by atoms with E-state index in [0.29, 0.717) is 5.01 Å². The van der Waals surface area contributed by atoms with E-state index in [0.717, 1.165) is 17.4 Å². The maximum absolute atomic E-state index is 12.2. The number of ether oxygens (including phenoxy) is 2. The van der Waals surface area contributed by atoms with Gasteiger partial charge in [-0.1, -0.05) is 28.6 Å². The molecule has 0 unspecified atom stereocenters. The molecule has 1 aromatic carbocycles. The number of aliphatic hydroxyl groups excluding tert-OH is 1. The Kier molecular flexibility index (Phi) is 3.86. The molecule has 0 spiro atoms. The van der Waals surface area contributed by atoms with E-state index in [-0.39, 0.29) is 17.6 Å². The predicted octanol–water partition coefficient (Wildman–Crippen LogP) is 2.72. The van der Waals surface area contributed by atoms with E-state index in [4.69, 9.17) is 9.84 Å². The first-order valence-electron chi connectivity index (χ1n) is 4.94. The molecule has 102 valence electrons. The van der Waals surface area contributed by atoms with Gasteiger partial charge in [0.1, 0.15) is 5.01 Å². The molecule has 0 aliphatic rings. The first kappa shape index (κ1) is 13.6. The summed E-state index contributed by atoms with van der Waals surface area (Å²) in [5, 5.41) is 16.2. The number of nitrogens with zero attached hydrogens (tertiary/aromatic N) is 2. The van der Waals surface area contributed by atoms with Crippen LogP contribution in [0, 0.1) is 0 Å². The zero-order valence-electron chi connectivity index (χ0n) is 9.22. The second-order valence-electron chi connectivity index (χ2n) is 3.22. The van der Waals surface area contributed by atoms with Crippen molar-refractivity contribution in [3.05, 3.63) is 29.3 Å². The Morgan fingerprint density at radius 3 is 2.42 bits per heavy atom. The number of hydrogen-bond acceptors (Lipinski definition) is 6. The lowest BCUT2D eigenvalue weighted by Crippen LogP contribution is -2.17. The van der Waals surface area contributed by atoms with Crippen LogP contribution in [-0.2, 0) is 6.61 Å². The summed E-state index contributed by atoms with van der Waals surface area (Å²) in [5.74, 6) is -0.615. The quantitative estimate of drug-likeness (QED) is 0.938. The Morgan fingerprint density at radius 2 is 1.84 bits per heavy atom. The third kappa shape index (κ3) is 3.80. The van der Waals surface area contributed by atoms with Crippen LogP contribution in [0.1, 0.15) is 5.01 Å². The Hall–Kier alpha value is -1.87. The summed E-state index contributed by atoms with van der Waals surface area (Å²) < 4.78 is 45.5. The Morgan fingerprint density at radius 1 is 1.16 bits per heavy atom. The molecule has 1 N–H and O–H groups in total. The highest BCUT2D eigenvalue weighted by Crippen LogP contribution is 2.35. The predicted molar refractivity (Wildman–Crippen MR) is 59.0 cm³/mol. The van der Waals surface area contributed by atoms with Crippen LogP contribution in [0.4, 0.5) is 13.2 Å². The minimum atomic E-state index is -4.81. The zero-order valence-corrected chi connectivity index (χ0v) is 10.0. The van der Waals surface area contributed by atoms with Gasteiger partial charge < -0.3 is 14.6 Å². The average molecular weight is 292 g/mol. The van der Waals surface area contributed by atoms with Crippen molar-refractivity contribution in [1.29, 1.82) is 0 Å². The maximum Gasteiger partial charge on any atom is 0.573 e. The lowest BCUT2D eigenvalue weighted by atomic mass is 10.3. The Bertz CT molecular complexity index is 559. The van der Waals surface area contributed by atoms with Crippen molar-refractivity contribution in [2.45, 2.75) is 13.0 Å². The van der Waals surface area contributed by atoms with Gasteiger partial charge in [-0.3, -0.25) is 0 Å². The molecule has 0 bridgehead atoms. The van der Waals surface area contributed by atoms with Crippen molar-refractivity contribution in [1.82, 2.24) is 10.2 Å². The molecule has 1 aromatic heterocycles. The smallest absolute Gasteiger partial charge is 0.426 e. The van der Waals surface area contributed by atoms with Crippen molar-refractivity contribution in [3.8, 4) is 16.7 Å². The number of rotatable bonds is 4. The van der Waals surface area contributed by atoms with Crippen molar-refractivity contribution in [2.75, 3.05) is 0 Å². The van der Waals surface area contributed by atoms with Gasteiger partial charge in [0.15, 0.2) is 11.5 Å².